The highest BCUT2D eigenvalue weighted by Crippen LogP contribution is 2.42. The average Bonchev–Trinajstić information content (AvgIpc) is 3.06. The topological polar surface area (TPSA) is 62.8 Å². The van der Waals surface area contributed by atoms with Crippen LogP contribution in [0.3, 0.4) is 0 Å². The summed E-state index contributed by atoms with van der Waals surface area (Å²) < 4.78 is 10.8. The van der Waals surface area contributed by atoms with Gasteiger partial charge in [-0.05, 0) is 43.8 Å². The number of nitrogens with zero attached hydrogens (tertiary/aromatic N) is 1. The molecule has 0 spiro atoms. The van der Waals surface area contributed by atoms with E-state index in [1.165, 1.54) is 5.56 Å². The lowest BCUT2D eigenvalue weighted by Crippen LogP contribution is -2.16. The maximum atomic E-state index is 12.7. The van der Waals surface area contributed by atoms with Crippen molar-refractivity contribution in [2.24, 2.45) is 0 Å². The van der Waals surface area contributed by atoms with Crippen molar-refractivity contribution in [1.29, 1.82) is 0 Å². The number of carbonyl (C=O) groups is 1. The highest BCUT2D eigenvalue weighted by Gasteiger charge is 2.29. The molecule has 154 valence electrons. The number of fused-ring (bicyclic) bond motifs is 1. The first-order chi connectivity index (χ1) is 14.0. The molecule has 0 saturated carbocycles. The molecule has 1 aliphatic rings. The zero-order chi connectivity index (χ0) is 21.0. The highest BCUT2D eigenvalue weighted by molar-refractivity contribution is 6.32. The number of methoxy groups -OCH3 is 2. The largest absolute Gasteiger partial charge is 0.493 e. The normalized spacial score (nSPS) is 14.5. The summed E-state index contributed by atoms with van der Waals surface area (Å²) in [4.78, 5) is 15.0. The first-order valence-corrected chi connectivity index (χ1v) is 9.86. The number of benzene rings is 2. The first-order valence-electron chi connectivity index (χ1n) is 9.86. The molecule has 2 aromatic rings. The van der Waals surface area contributed by atoms with Gasteiger partial charge in [-0.25, -0.2) is 0 Å². The monoisotopic (exact) mass is 395 g/mol. The first kappa shape index (κ1) is 20.7. The number of hydrogen-bond acceptors (Lipinski definition) is 5. The summed E-state index contributed by atoms with van der Waals surface area (Å²) in [7, 11) is 5.28. The van der Waals surface area contributed by atoms with Crippen molar-refractivity contribution in [3.63, 3.8) is 0 Å². The van der Waals surface area contributed by atoms with Crippen LogP contribution < -0.4 is 20.1 Å². The molecule has 0 saturated heterocycles. The van der Waals surface area contributed by atoms with Crippen LogP contribution in [-0.4, -0.2) is 38.6 Å². The summed E-state index contributed by atoms with van der Waals surface area (Å²) in [6, 6.07) is 12.0. The van der Waals surface area contributed by atoms with Crippen LogP contribution in [0.1, 0.15) is 31.4 Å². The van der Waals surface area contributed by atoms with Crippen LogP contribution in [0, 0.1) is 0 Å². The molecule has 0 aromatic heterocycles. The maximum Gasteiger partial charge on any atom is 0.258 e. The number of nitrogens with one attached hydrogen (secondary N) is 2. The number of ether oxygens (including phenoxy) is 2. The molecule has 29 heavy (non-hydrogen) atoms. The Morgan fingerprint density at radius 2 is 1.72 bits per heavy atom. The molecule has 0 atom stereocenters. The van der Waals surface area contributed by atoms with Gasteiger partial charge in [-0.1, -0.05) is 26.0 Å². The van der Waals surface area contributed by atoms with Gasteiger partial charge in [-0.2, -0.15) is 0 Å². The fourth-order valence-corrected chi connectivity index (χ4v) is 3.41. The third kappa shape index (κ3) is 4.38. The van der Waals surface area contributed by atoms with Crippen molar-refractivity contribution in [1.82, 2.24) is 4.90 Å². The van der Waals surface area contributed by atoms with E-state index in [4.69, 9.17) is 9.47 Å². The smallest absolute Gasteiger partial charge is 0.258 e. The molecule has 0 radical (unpaired) electrons. The van der Waals surface area contributed by atoms with Gasteiger partial charge in [0.05, 0.1) is 25.5 Å². The molecule has 1 amide bonds. The van der Waals surface area contributed by atoms with Crippen LogP contribution in [-0.2, 0) is 11.3 Å². The fraction of sp³-hybridized carbons (Fsp3) is 0.348. The minimum absolute atomic E-state index is 0.124. The molecule has 2 N–H and O–H groups in total. The number of allylic oxidation sites excluding steroid dienone is 1. The Bertz CT molecular complexity index is 920. The van der Waals surface area contributed by atoms with Crippen LogP contribution in [0.25, 0.3) is 5.57 Å². The van der Waals surface area contributed by atoms with Gasteiger partial charge in [0.1, 0.15) is 0 Å². The summed E-state index contributed by atoms with van der Waals surface area (Å²) in [6.07, 6.45) is 0.691. The second kappa shape index (κ2) is 9.01. The quantitative estimate of drug-likeness (QED) is 0.651. The van der Waals surface area contributed by atoms with E-state index in [0.717, 1.165) is 35.7 Å². The minimum atomic E-state index is -0.124. The molecule has 1 aliphatic heterocycles. The van der Waals surface area contributed by atoms with Crippen LogP contribution in [0.5, 0.6) is 11.5 Å². The summed E-state index contributed by atoms with van der Waals surface area (Å²) in [5.41, 5.74) is 5.27. The van der Waals surface area contributed by atoms with Gasteiger partial charge in [-0.3, -0.25) is 4.79 Å². The predicted octanol–water partition coefficient (Wildman–Crippen LogP) is 4.34. The van der Waals surface area contributed by atoms with Crippen LogP contribution >= 0.6 is 0 Å². The fourth-order valence-electron chi connectivity index (χ4n) is 3.41. The van der Waals surface area contributed by atoms with E-state index in [0.29, 0.717) is 23.5 Å². The van der Waals surface area contributed by atoms with Gasteiger partial charge in [0.15, 0.2) is 11.5 Å². The lowest BCUT2D eigenvalue weighted by Gasteiger charge is -2.16. The molecule has 6 heteroatoms. The Balaban J connectivity index is 1.92. The summed E-state index contributed by atoms with van der Waals surface area (Å²) in [5, 5.41) is 6.37. The van der Waals surface area contributed by atoms with Crippen LogP contribution in [0.2, 0.25) is 0 Å². The maximum absolute atomic E-state index is 12.7. The Labute approximate surface area is 172 Å². The number of carbonyl (C=O) groups excluding carboxylic acids is 1. The molecular formula is C23H29N3O3. The third-order valence-electron chi connectivity index (χ3n) is 5.17. The highest BCUT2D eigenvalue weighted by atomic mass is 16.5. The second-order valence-corrected chi connectivity index (χ2v) is 7.07. The third-order valence-corrected chi connectivity index (χ3v) is 5.17. The van der Waals surface area contributed by atoms with Crippen LogP contribution in [0.15, 0.2) is 42.1 Å². The average molecular weight is 396 g/mol. The van der Waals surface area contributed by atoms with Crippen molar-refractivity contribution in [3.05, 3.63) is 53.2 Å². The molecule has 3 rings (SSSR count). The van der Waals surface area contributed by atoms with E-state index < -0.39 is 0 Å². The Hall–Kier alpha value is -2.99. The van der Waals surface area contributed by atoms with E-state index in [1.807, 2.05) is 13.0 Å². The van der Waals surface area contributed by atoms with Crippen molar-refractivity contribution in [2.75, 3.05) is 38.4 Å². The van der Waals surface area contributed by atoms with Crippen molar-refractivity contribution >= 4 is 22.9 Å². The lowest BCUT2D eigenvalue weighted by atomic mass is 10.0. The standard InChI is InChI=1S/C23H29N3O3/c1-6-18(24-16-10-8-15(9-11-16)14-26(3)7-2)22-17-12-20(28-4)21(29-5)13-19(17)25-23(22)27/h8-13,24H,6-7,14H2,1-5H3,(H,25,27)/b22-18-. The van der Waals surface area contributed by atoms with E-state index in [2.05, 4.69) is 53.8 Å². The zero-order valence-electron chi connectivity index (χ0n) is 17.8. The predicted molar refractivity (Wildman–Crippen MR) is 117 cm³/mol. The summed E-state index contributed by atoms with van der Waals surface area (Å²) >= 11 is 0. The van der Waals surface area contributed by atoms with Gasteiger partial charge in [0, 0.05) is 29.6 Å². The van der Waals surface area contributed by atoms with Gasteiger partial charge in [0.25, 0.3) is 5.91 Å². The van der Waals surface area contributed by atoms with E-state index in [1.54, 1.807) is 20.3 Å². The van der Waals surface area contributed by atoms with Crippen molar-refractivity contribution in [2.45, 2.75) is 26.8 Å². The van der Waals surface area contributed by atoms with Crippen molar-refractivity contribution in [3.8, 4) is 11.5 Å². The van der Waals surface area contributed by atoms with Gasteiger partial charge >= 0.3 is 0 Å². The Morgan fingerprint density at radius 1 is 1.07 bits per heavy atom. The SMILES string of the molecule is CC/C(Nc1ccc(CN(C)CC)cc1)=C1/C(=O)Nc2cc(OC)c(OC)cc21. The molecular weight excluding hydrogens is 366 g/mol. The van der Waals surface area contributed by atoms with E-state index in [9.17, 15) is 4.79 Å². The molecule has 0 fully saturated rings. The van der Waals surface area contributed by atoms with E-state index >= 15 is 0 Å². The summed E-state index contributed by atoms with van der Waals surface area (Å²) in [6.45, 7) is 6.10. The molecule has 6 nitrogen and oxygen atoms in total. The van der Waals surface area contributed by atoms with Gasteiger partial charge in [-0.15, -0.1) is 0 Å². The number of rotatable bonds is 8. The molecule has 2 aromatic carbocycles. The minimum Gasteiger partial charge on any atom is -0.493 e. The van der Waals surface area contributed by atoms with Gasteiger partial charge in [0.2, 0.25) is 0 Å². The van der Waals surface area contributed by atoms with Gasteiger partial charge < -0.3 is 25.0 Å². The Kier molecular flexibility index (Phi) is 6.44. The number of hydrogen-bond donors (Lipinski definition) is 2. The Morgan fingerprint density at radius 3 is 2.31 bits per heavy atom. The second-order valence-electron chi connectivity index (χ2n) is 7.07. The molecule has 0 aliphatic carbocycles. The molecule has 0 unspecified atom stereocenters. The van der Waals surface area contributed by atoms with Crippen LogP contribution in [0.4, 0.5) is 11.4 Å². The molecule has 1 heterocycles. The zero-order valence-corrected chi connectivity index (χ0v) is 17.8. The van der Waals surface area contributed by atoms with Crippen molar-refractivity contribution < 1.29 is 14.3 Å². The number of amides is 1. The summed E-state index contributed by atoms with van der Waals surface area (Å²) in [5.74, 6) is 1.06. The number of anilines is 2. The lowest BCUT2D eigenvalue weighted by molar-refractivity contribution is -0.110. The van der Waals surface area contributed by atoms with E-state index in [-0.39, 0.29) is 5.91 Å². The molecule has 0 bridgehead atoms.